The molecule has 6 nitrogen and oxygen atoms in total. The summed E-state index contributed by atoms with van der Waals surface area (Å²) in [6, 6.07) is 5.11. The molecule has 6 heteroatoms. The zero-order chi connectivity index (χ0) is 14.5. The number of benzene rings is 1. The van der Waals surface area contributed by atoms with Crippen molar-refractivity contribution in [2.45, 2.75) is 13.5 Å². The van der Waals surface area contributed by atoms with Crippen molar-refractivity contribution in [2.75, 3.05) is 26.9 Å². The molecule has 0 atom stereocenters. The standard InChI is InChI=1S/C14H18N2O4/c1-10-15-12-5-3-4-11(14(17)18)13(12)16(10)6-7-20-9-8-19-2/h3-5H,6-9H2,1-2H3,(H,17,18). The van der Waals surface area contributed by atoms with Crippen LogP contribution in [0.4, 0.5) is 0 Å². The van der Waals surface area contributed by atoms with Crippen LogP contribution < -0.4 is 0 Å². The number of fused-ring (bicyclic) bond motifs is 1. The topological polar surface area (TPSA) is 73.6 Å². The normalized spacial score (nSPS) is 11.1. The van der Waals surface area contributed by atoms with E-state index in [1.807, 2.05) is 17.6 Å². The number of rotatable bonds is 7. The summed E-state index contributed by atoms with van der Waals surface area (Å²) in [5, 5.41) is 9.27. The first-order valence-corrected chi connectivity index (χ1v) is 6.41. The number of aromatic nitrogens is 2. The number of carboxylic acids is 1. The van der Waals surface area contributed by atoms with Gasteiger partial charge in [0.15, 0.2) is 0 Å². The lowest BCUT2D eigenvalue weighted by Crippen LogP contribution is -2.11. The van der Waals surface area contributed by atoms with Crippen molar-refractivity contribution >= 4 is 17.0 Å². The zero-order valence-corrected chi connectivity index (χ0v) is 11.6. The Labute approximate surface area is 116 Å². The molecule has 0 aliphatic carbocycles. The number of nitrogens with zero attached hydrogens (tertiary/aromatic N) is 2. The lowest BCUT2D eigenvalue weighted by atomic mass is 10.2. The number of hydrogen-bond donors (Lipinski definition) is 1. The number of ether oxygens (including phenoxy) is 2. The molecule has 20 heavy (non-hydrogen) atoms. The third-order valence-electron chi connectivity index (χ3n) is 3.08. The van der Waals surface area contributed by atoms with Crippen LogP contribution in [0.1, 0.15) is 16.2 Å². The minimum atomic E-state index is -0.947. The van der Waals surface area contributed by atoms with Gasteiger partial charge in [0.25, 0.3) is 0 Å². The minimum Gasteiger partial charge on any atom is -0.478 e. The Bertz CT molecular complexity index is 606. The van der Waals surface area contributed by atoms with Crippen LogP contribution in [0.15, 0.2) is 18.2 Å². The van der Waals surface area contributed by atoms with E-state index in [1.54, 1.807) is 19.2 Å². The highest BCUT2D eigenvalue weighted by molar-refractivity contribution is 6.01. The molecule has 0 radical (unpaired) electrons. The number of hydrogen-bond acceptors (Lipinski definition) is 4. The second kappa shape index (κ2) is 6.49. The molecule has 1 aromatic heterocycles. The highest BCUT2D eigenvalue weighted by atomic mass is 16.5. The van der Waals surface area contributed by atoms with Crippen LogP contribution in [0.2, 0.25) is 0 Å². The van der Waals surface area contributed by atoms with Gasteiger partial charge in [-0.05, 0) is 19.1 Å². The molecule has 1 aromatic carbocycles. The smallest absolute Gasteiger partial charge is 0.337 e. The highest BCUT2D eigenvalue weighted by Gasteiger charge is 2.15. The van der Waals surface area contributed by atoms with E-state index in [0.717, 1.165) is 5.82 Å². The van der Waals surface area contributed by atoms with Gasteiger partial charge in [-0.1, -0.05) is 6.07 Å². The van der Waals surface area contributed by atoms with Crippen molar-refractivity contribution in [3.8, 4) is 0 Å². The molecule has 2 aromatic rings. The maximum absolute atomic E-state index is 11.3. The summed E-state index contributed by atoms with van der Waals surface area (Å²) in [7, 11) is 1.62. The summed E-state index contributed by atoms with van der Waals surface area (Å²) in [5.41, 5.74) is 1.60. The third kappa shape index (κ3) is 2.97. The van der Waals surface area contributed by atoms with Crippen molar-refractivity contribution in [1.29, 1.82) is 0 Å². The minimum absolute atomic E-state index is 0.264. The van der Waals surface area contributed by atoms with Crippen molar-refractivity contribution in [2.24, 2.45) is 0 Å². The first-order valence-electron chi connectivity index (χ1n) is 6.41. The Hall–Kier alpha value is -1.92. The average Bonchev–Trinajstić information content (AvgIpc) is 2.74. The molecule has 0 saturated heterocycles. The fourth-order valence-corrected chi connectivity index (χ4v) is 2.15. The number of imidazole rings is 1. The van der Waals surface area contributed by atoms with Crippen LogP contribution in [-0.2, 0) is 16.0 Å². The molecule has 0 bridgehead atoms. The summed E-state index contributed by atoms with van der Waals surface area (Å²) >= 11 is 0. The van der Waals surface area contributed by atoms with E-state index < -0.39 is 5.97 Å². The van der Waals surface area contributed by atoms with E-state index in [-0.39, 0.29) is 5.56 Å². The largest absolute Gasteiger partial charge is 0.478 e. The molecule has 0 fully saturated rings. The lowest BCUT2D eigenvalue weighted by molar-refractivity contribution is 0.0664. The van der Waals surface area contributed by atoms with Gasteiger partial charge in [0.05, 0.1) is 36.4 Å². The maximum Gasteiger partial charge on any atom is 0.337 e. The lowest BCUT2D eigenvalue weighted by Gasteiger charge is -2.09. The molecule has 0 amide bonds. The van der Waals surface area contributed by atoms with Crippen molar-refractivity contribution < 1.29 is 19.4 Å². The van der Waals surface area contributed by atoms with E-state index in [9.17, 15) is 9.90 Å². The molecule has 0 aliphatic rings. The monoisotopic (exact) mass is 278 g/mol. The van der Waals surface area contributed by atoms with Gasteiger partial charge in [0, 0.05) is 13.7 Å². The molecule has 1 N–H and O–H groups in total. The number of aromatic carboxylic acids is 1. The number of para-hydroxylation sites is 1. The Balaban J connectivity index is 2.23. The number of carbonyl (C=O) groups is 1. The summed E-state index contributed by atoms with van der Waals surface area (Å²) < 4.78 is 12.2. The molecule has 2 rings (SSSR count). The van der Waals surface area contributed by atoms with Crippen LogP contribution in [0.5, 0.6) is 0 Å². The summed E-state index contributed by atoms with van der Waals surface area (Å²) in [6.45, 7) is 3.98. The van der Waals surface area contributed by atoms with Gasteiger partial charge in [-0.15, -0.1) is 0 Å². The SMILES string of the molecule is COCCOCCn1c(C)nc2cccc(C(=O)O)c21. The van der Waals surface area contributed by atoms with Crippen molar-refractivity contribution in [3.63, 3.8) is 0 Å². The predicted octanol–water partition coefficient (Wildman–Crippen LogP) is 1.71. The first kappa shape index (κ1) is 14.5. The van der Waals surface area contributed by atoms with Gasteiger partial charge < -0.3 is 19.1 Å². The van der Waals surface area contributed by atoms with Crippen molar-refractivity contribution in [3.05, 3.63) is 29.6 Å². The van der Waals surface area contributed by atoms with E-state index >= 15 is 0 Å². The molecular weight excluding hydrogens is 260 g/mol. The first-order chi connectivity index (χ1) is 9.65. The second-order valence-corrected chi connectivity index (χ2v) is 4.39. The van der Waals surface area contributed by atoms with Crippen molar-refractivity contribution in [1.82, 2.24) is 9.55 Å². The highest BCUT2D eigenvalue weighted by Crippen LogP contribution is 2.20. The number of aryl methyl sites for hydroxylation is 1. The summed E-state index contributed by atoms with van der Waals surface area (Å²) in [6.07, 6.45) is 0. The third-order valence-corrected chi connectivity index (χ3v) is 3.08. The molecule has 0 aliphatic heterocycles. The molecule has 1 heterocycles. The van der Waals surface area contributed by atoms with Gasteiger partial charge in [-0.2, -0.15) is 0 Å². The molecule has 0 spiro atoms. The molecular formula is C14H18N2O4. The van der Waals surface area contributed by atoms with Gasteiger partial charge in [0.2, 0.25) is 0 Å². The average molecular weight is 278 g/mol. The van der Waals surface area contributed by atoms with Gasteiger partial charge >= 0.3 is 5.97 Å². The molecule has 0 saturated carbocycles. The van der Waals surface area contributed by atoms with Crippen LogP contribution in [0, 0.1) is 6.92 Å². The summed E-state index contributed by atoms with van der Waals surface area (Å²) in [4.78, 5) is 15.7. The van der Waals surface area contributed by atoms with E-state index in [0.29, 0.717) is 37.4 Å². The Morgan fingerprint density at radius 3 is 2.85 bits per heavy atom. The quantitative estimate of drug-likeness (QED) is 0.780. The van der Waals surface area contributed by atoms with Crippen LogP contribution >= 0.6 is 0 Å². The van der Waals surface area contributed by atoms with E-state index in [2.05, 4.69) is 4.98 Å². The van der Waals surface area contributed by atoms with Gasteiger partial charge in [-0.25, -0.2) is 9.78 Å². The fourth-order valence-electron chi connectivity index (χ4n) is 2.15. The van der Waals surface area contributed by atoms with Crippen LogP contribution in [-0.4, -0.2) is 47.6 Å². The van der Waals surface area contributed by atoms with Gasteiger partial charge in [0.1, 0.15) is 5.82 Å². The Morgan fingerprint density at radius 1 is 1.35 bits per heavy atom. The number of carboxylic acid groups (broad SMARTS) is 1. The molecule has 0 unspecified atom stereocenters. The van der Waals surface area contributed by atoms with E-state index in [4.69, 9.17) is 9.47 Å². The van der Waals surface area contributed by atoms with E-state index in [1.165, 1.54) is 0 Å². The number of methoxy groups -OCH3 is 1. The molecule has 108 valence electrons. The maximum atomic E-state index is 11.3. The Morgan fingerprint density at radius 2 is 2.15 bits per heavy atom. The van der Waals surface area contributed by atoms with Crippen LogP contribution in [0.3, 0.4) is 0 Å². The fraction of sp³-hybridized carbons (Fsp3) is 0.429. The predicted molar refractivity (Wildman–Crippen MR) is 74.1 cm³/mol. The zero-order valence-electron chi connectivity index (χ0n) is 11.6. The summed E-state index contributed by atoms with van der Waals surface area (Å²) in [5.74, 6) is -0.166. The Kier molecular flexibility index (Phi) is 4.70. The van der Waals surface area contributed by atoms with Gasteiger partial charge in [-0.3, -0.25) is 0 Å². The van der Waals surface area contributed by atoms with Crippen LogP contribution in [0.25, 0.3) is 11.0 Å². The second-order valence-electron chi connectivity index (χ2n) is 4.39.